The second kappa shape index (κ2) is 17.6. The molecule has 0 aromatic heterocycles. The summed E-state index contributed by atoms with van der Waals surface area (Å²) < 4.78 is 233. The zero-order chi connectivity index (χ0) is 38.0. The highest BCUT2D eigenvalue weighted by Gasteiger charge is 2.95. The molecule has 288 valence electrons. The topological polar surface area (TPSA) is 9.23 Å². The van der Waals surface area contributed by atoms with Crippen molar-refractivity contribution in [2.75, 3.05) is 12.4 Å². The third kappa shape index (κ3) is 10.4. The molecule has 0 saturated heterocycles. The first kappa shape index (κ1) is 45.2. The molecular formula is C30H37F17OS. The van der Waals surface area contributed by atoms with E-state index in [1.165, 1.54) is 69.2 Å². The van der Waals surface area contributed by atoms with Crippen molar-refractivity contribution >= 4 is 11.8 Å². The molecule has 0 saturated carbocycles. The van der Waals surface area contributed by atoms with Gasteiger partial charge >= 0.3 is 47.6 Å². The van der Waals surface area contributed by atoms with Crippen molar-refractivity contribution in [2.45, 2.75) is 143 Å². The van der Waals surface area contributed by atoms with Crippen LogP contribution < -0.4 is 4.74 Å². The van der Waals surface area contributed by atoms with Crippen molar-refractivity contribution in [3.8, 4) is 5.75 Å². The molecule has 0 N–H and O–H groups in total. The first-order chi connectivity index (χ1) is 22.3. The quantitative estimate of drug-likeness (QED) is 0.0588. The Morgan fingerprint density at radius 1 is 0.469 bits per heavy atom. The van der Waals surface area contributed by atoms with Crippen LogP contribution in [-0.2, 0) is 0 Å². The molecular weight excluding hydrogens is 731 g/mol. The number of unbranched alkanes of at least 4 members (excludes halogenated alkanes) is 11. The van der Waals surface area contributed by atoms with Gasteiger partial charge in [-0.3, -0.25) is 0 Å². The van der Waals surface area contributed by atoms with Crippen LogP contribution in [0.1, 0.15) is 90.4 Å². The van der Waals surface area contributed by atoms with Crippen LogP contribution >= 0.6 is 11.8 Å². The number of ether oxygens (including phenoxy) is 1. The Morgan fingerprint density at radius 2 is 0.837 bits per heavy atom. The van der Waals surface area contributed by atoms with Crippen LogP contribution in [0.4, 0.5) is 74.6 Å². The molecule has 49 heavy (non-hydrogen) atoms. The van der Waals surface area contributed by atoms with E-state index < -0.39 is 59.8 Å². The Bertz CT molecular complexity index is 1100. The zero-order valence-electron chi connectivity index (χ0n) is 26.2. The number of thioether (sulfide) groups is 1. The lowest BCUT2D eigenvalue weighted by Gasteiger charge is -2.42. The van der Waals surface area contributed by atoms with Gasteiger partial charge in [0, 0.05) is 17.1 Å². The van der Waals surface area contributed by atoms with Crippen LogP contribution in [0.5, 0.6) is 5.75 Å². The van der Waals surface area contributed by atoms with Gasteiger partial charge in [0.15, 0.2) is 0 Å². The molecule has 0 amide bonds. The molecule has 1 aromatic carbocycles. The van der Waals surface area contributed by atoms with Crippen LogP contribution in [0.2, 0.25) is 0 Å². The average Bonchev–Trinajstić information content (AvgIpc) is 2.99. The van der Waals surface area contributed by atoms with Crippen LogP contribution in [0.25, 0.3) is 0 Å². The second-order valence-corrected chi connectivity index (χ2v) is 12.6. The van der Waals surface area contributed by atoms with Gasteiger partial charge in [0.25, 0.3) is 0 Å². The number of rotatable bonds is 24. The van der Waals surface area contributed by atoms with Gasteiger partial charge in [0.05, 0.1) is 6.61 Å². The highest BCUT2D eigenvalue weighted by molar-refractivity contribution is 7.99. The number of alkyl halides is 17. The summed E-state index contributed by atoms with van der Waals surface area (Å²) in [7, 11) is 0. The fraction of sp³-hybridized carbons (Fsp3) is 0.800. The van der Waals surface area contributed by atoms with Crippen molar-refractivity contribution in [3.05, 3.63) is 24.3 Å². The molecule has 1 aromatic rings. The van der Waals surface area contributed by atoms with Crippen molar-refractivity contribution in [1.29, 1.82) is 0 Å². The maximum absolute atomic E-state index is 14.1. The molecule has 0 bridgehead atoms. The summed E-state index contributed by atoms with van der Waals surface area (Å²) in [6.45, 7) is 2.48. The molecule has 19 heteroatoms. The smallest absolute Gasteiger partial charge is 0.460 e. The van der Waals surface area contributed by atoms with Crippen LogP contribution in [0.3, 0.4) is 0 Å². The SMILES string of the molecule is CCCCCCCCCCCCCCOc1ccc(SCCC(F)(F)C(F)(F)C(F)(F)C(F)(F)C(F)(F)C(F)(F)C(F)(F)C(F)(F)F)cc1. The normalized spacial score (nSPS) is 14.4. The lowest BCUT2D eigenvalue weighted by Crippen LogP contribution is -2.74. The summed E-state index contributed by atoms with van der Waals surface area (Å²) in [5.41, 5.74) is 0. The lowest BCUT2D eigenvalue weighted by molar-refractivity contribution is -0.461. The summed E-state index contributed by atoms with van der Waals surface area (Å²) in [5, 5.41) is 0. The number of hydrogen-bond acceptors (Lipinski definition) is 2. The van der Waals surface area contributed by atoms with Gasteiger partial charge in [-0.2, -0.15) is 74.6 Å². The molecule has 0 aliphatic rings. The predicted octanol–water partition coefficient (Wildman–Crippen LogP) is 13.3. The fourth-order valence-corrected chi connectivity index (χ4v) is 5.34. The standard InChI is InChI=1S/C30H37F17OS/c1-2-3-4-5-6-7-8-9-10-11-12-13-19-48-21-14-16-22(17-15-21)49-20-18-23(31,32)24(33,34)25(35,36)26(37,38)27(39,40)28(41,42)29(43,44)30(45,46)47/h14-17H,2-13,18-20H2,1H3. The van der Waals surface area contributed by atoms with E-state index in [-0.39, 0.29) is 16.7 Å². The van der Waals surface area contributed by atoms with Gasteiger partial charge in [-0.15, -0.1) is 11.8 Å². The Labute approximate surface area is 276 Å². The molecule has 0 fully saturated rings. The summed E-state index contributed by atoms with van der Waals surface area (Å²) in [6.07, 6.45) is 3.16. The monoisotopic (exact) mass is 768 g/mol. The van der Waals surface area contributed by atoms with Crippen molar-refractivity contribution in [3.63, 3.8) is 0 Å². The maximum Gasteiger partial charge on any atom is 0.460 e. The van der Waals surface area contributed by atoms with Gasteiger partial charge in [-0.25, -0.2) is 0 Å². The molecule has 0 unspecified atom stereocenters. The Morgan fingerprint density at radius 3 is 1.24 bits per heavy atom. The molecule has 1 rings (SSSR count). The zero-order valence-corrected chi connectivity index (χ0v) is 27.0. The second-order valence-electron chi connectivity index (χ2n) is 11.5. The minimum absolute atomic E-state index is 0.0227. The first-order valence-electron chi connectivity index (χ1n) is 15.3. The van der Waals surface area contributed by atoms with E-state index in [1.807, 2.05) is 0 Å². The highest BCUT2D eigenvalue weighted by Crippen LogP contribution is 2.64. The van der Waals surface area contributed by atoms with E-state index in [9.17, 15) is 74.6 Å². The number of benzene rings is 1. The molecule has 0 radical (unpaired) electrons. The van der Waals surface area contributed by atoms with E-state index in [0.717, 1.165) is 32.1 Å². The molecule has 0 heterocycles. The predicted molar refractivity (Wildman–Crippen MR) is 149 cm³/mol. The van der Waals surface area contributed by atoms with E-state index in [0.29, 0.717) is 12.4 Å². The van der Waals surface area contributed by atoms with Gasteiger partial charge in [-0.05, 0) is 30.7 Å². The van der Waals surface area contributed by atoms with Gasteiger partial charge in [0.1, 0.15) is 5.75 Å². The molecule has 0 aliphatic carbocycles. The summed E-state index contributed by atoms with van der Waals surface area (Å²) in [4.78, 5) is 0.0227. The third-order valence-electron chi connectivity index (χ3n) is 7.56. The lowest BCUT2D eigenvalue weighted by atomic mass is 9.88. The van der Waals surface area contributed by atoms with Gasteiger partial charge < -0.3 is 4.74 Å². The van der Waals surface area contributed by atoms with Crippen molar-refractivity contribution < 1.29 is 79.4 Å². The van der Waals surface area contributed by atoms with E-state index in [4.69, 9.17) is 4.74 Å². The molecule has 0 spiro atoms. The number of halogens is 17. The Hall–Kier alpha value is -1.82. The summed E-state index contributed by atoms with van der Waals surface area (Å²) in [5.74, 6) is -57.1. The Kier molecular flexibility index (Phi) is 16.2. The van der Waals surface area contributed by atoms with Gasteiger partial charge in [0.2, 0.25) is 0 Å². The molecule has 0 aliphatic heterocycles. The molecule has 0 atom stereocenters. The van der Waals surface area contributed by atoms with Crippen molar-refractivity contribution in [2.24, 2.45) is 0 Å². The van der Waals surface area contributed by atoms with Crippen molar-refractivity contribution in [1.82, 2.24) is 0 Å². The van der Waals surface area contributed by atoms with Crippen LogP contribution in [0.15, 0.2) is 29.2 Å². The molecule has 1 nitrogen and oxygen atoms in total. The summed E-state index contributed by atoms with van der Waals surface area (Å²) >= 11 is 0.260. The fourth-order valence-electron chi connectivity index (χ4n) is 4.42. The first-order valence-corrected chi connectivity index (χ1v) is 16.3. The van der Waals surface area contributed by atoms with Crippen LogP contribution in [0, 0.1) is 0 Å². The maximum atomic E-state index is 14.1. The minimum Gasteiger partial charge on any atom is -0.494 e. The summed E-state index contributed by atoms with van der Waals surface area (Å²) in [6, 6.07) is 5.07. The van der Waals surface area contributed by atoms with Gasteiger partial charge in [-0.1, -0.05) is 77.6 Å². The highest BCUT2D eigenvalue weighted by atomic mass is 32.2. The van der Waals surface area contributed by atoms with E-state index in [1.54, 1.807) is 0 Å². The largest absolute Gasteiger partial charge is 0.494 e. The Balaban J connectivity index is 2.68. The average molecular weight is 769 g/mol. The van der Waals surface area contributed by atoms with E-state index in [2.05, 4.69) is 6.92 Å². The third-order valence-corrected chi connectivity index (χ3v) is 8.58. The number of hydrogen-bond donors (Lipinski definition) is 0. The minimum atomic E-state index is -8.62. The van der Waals surface area contributed by atoms with E-state index >= 15 is 0 Å². The van der Waals surface area contributed by atoms with Crippen LogP contribution in [-0.4, -0.2) is 60.0 Å².